The molecule has 0 unspecified atom stereocenters. The van der Waals surface area contributed by atoms with Crippen molar-refractivity contribution in [3.63, 3.8) is 0 Å². The van der Waals surface area contributed by atoms with Crippen molar-refractivity contribution in [1.82, 2.24) is 14.5 Å². The number of benzene rings is 1. The van der Waals surface area contributed by atoms with Crippen LogP contribution in [0, 0.1) is 0 Å². The highest BCUT2D eigenvalue weighted by molar-refractivity contribution is 6.00. The third-order valence-corrected chi connectivity index (χ3v) is 7.52. The molecule has 1 fully saturated rings. The maximum absolute atomic E-state index is 10.7. The van der Waals surface area contributed by atoms with Gasteiger partial charge >= 0.3 is 0 Å². The van der Waals surface area contributed by atoms with E-state index < -0.39 is 18.2 Å². The molecule has 1 aliphatic heterocycles. The Labute approximate surface area is 185 Å². The van der Waals surface area contributed by atoms with Crippen LogP contribution >= 0.6 is 0 Å². The molecule has 2 aliphatic carbocycles. The molecule has 3 aromatic rings. The molecule has 0 saturated heterocycles. The van der Waals surface area contributed by atoms with Crippen molar-refractivity contribution in [2.45, 2.75) is 55.8 Å². The van der Waals surface area contributed by atoms with Crippen LogP contribution in [0.1, 0.15) is 42.9 Å². The summed E-state index contributed by atoms with van der Waals surface area (Å²) >= 11 is 0. The summed E-state index contributed by atoms with van der Waals surface area (Å²) in [5, 5.41) is 22.2. The van der Waals surface area contributed by atoms with E-state index in [0.29, 0.717) is 17.9 Å². The van der Waals surface area contributed by atoms with Gasteiger partial charge in [-0.15, -0.1) is 0 Å². The first-order chi connectivity index (χ1) is 15.5. The van der Waals surface area contributed by atoms with Gasteiger partial charge in [-0.2, -0.15) is 0 Å². The summed E-state index contributed by atoms with van der Waals surface area (Å²) in [5.74, 6) is 1.15. The SMILES string of the molecule is NC1=Nc2cc(CCC3=C[C@@H](n4ccc5c(N)ncnc54)[C@H](O)[C@@H]3O)ccc2C12CCC2. The van der Waals surface area contributed by atoms with Gasteiger partial charge in [0, 0.05) is 6.20 Å². The summed E-state index contributed by atoms with van der Waals surface area (Å²) in [6, 6.07) is 7.85. The van der Waals surface area contributed by atoms with Crippen molar-refractivity contribution < 1.29 is 10.2 Å². The molecule has 3 aliphatic rings. The first-order valence-electron chi connectivity index (χ1n) is 11.1. The lowest BCUT2D eigenvalue weighted by Gasteiger charge is -2.38. The molecule has 6 rings (SSSR count). The third kappa shape index (κ3) is 2.66. The van der Waals surface area contributed by atoms with Crippen LogP contribution in [0.25, 0.3) is 11.0 Å². The number of anilines is 1. The zero-order valence-electron chi connectivity index (χ0n) is 17.6. The third-order valence-electron chi connectivity index (χ3n) is 7.52. The highest BCUT2D eigenvalue weighted by Crippen LogP contribution is 2.51. The normalized spacial score (nSPS) is 25.6. The number of nitrogens with two attached hydrogens (primary N) is 2. The van der Waals surface area contributed by atoms with Crippen LogP contribution in [0.15, 0.2) is 53.4 Å². The van der Waals surface area contributed by atoms with Gasteiger partial charge in [-0.1, -0.05) is 24.6 Å². The van der Waals surface area contributed by atoms with Crippen LogP contribution in [0.4, 0.5) is 11.5 Å². The summed E-state index contributed by atoms with van der Waals surface area (Å²) in [6.45, 7) is 0. The first kappa shape index (κ1) is 19.5. The number of hydrogen-bond acceptors (Lipinski definition) is 7. The Hall–Kier alpha value is -3.23. The fourth-order valence-corrected chi connectivity index (χ4v) is 5.48. The maximum atomic E-state index is 10.7. The lowest BCUT2D eigenvalue weighted by molar-refractivity contribution is 0.0317. The molecule has 1 aromatic carbocycles. The Morgan fingerprint density at radius 3 is 2.72 bits per heavy atom. The Bertz CT molecular complexity index is 1290. The quantitative estimate of drug-likeness (QED) is 0.469. The Kier molecular flexibility index (Phi) is 4.18. The van der Waals surface area contributed by atoms with E-state index >= 15 is 0 Å². The minimum absolute atomic E-state index is 0.0259. The molecule has 8 nitrogen and oxygen atoms in total. The first-order valence-corrected chi connectivity index (χ1v) is 11.1. The number of nitrogens with zero attached hydrogens (tertiary/aromatic N) is 4. The van der Waals surface area contributed by atoms with Gasteiger partial charge in [0.05, 0.1) is 22.5 Å². The molecule has 0 radical (unpaired) electrons. The second-order valence-corrected chi connectivity index (χ2v) is 9.17. The monoisotopic (exact) mass is 430 g/mol. The number of nitrogen functional groups attached to an aromatic ring is 1. The Morgan fingerprint density at radius 1 is 1.09 bits per heavy atom. The summed E-state index contributed by atoms with van der Waals surface area (Å²) in [4.78, 5) is 13.0. The van der Waals surface area contributed by atoms with Gasteiger partial charge in [0.15, 0.2) is 0 Å². The van der Waals surface area contributed by atoms with Crippen molar-refractivity contribution in [3.8, 4) is 0 Å². The van der Waals surface area contributed by atoms with Crippen LogP contribution in [-0.4, -0.2) is 42.8 Å². The highest BCUT2D eigenvalue weighted by Gasteiger charge is 2.47. The van der Waals surface area contributed by atoms with Crippen molar-refractivity contribution in [2.75, 3.05) is 5.73 Å². The van der Waals surface area contributed by atoms with Gasteiger partial charge in [-0.3, -0.25) is 0 Å². The standard InChI is InChI=1S/C24H26N6O2/c25-21-15-6-9-30(22(15)28-12-27-21)18-11-14(19(31)20(18)32)4-2-13-3-5-16-17(10-13)29-23(26)24(16)7-1-8-24/h3,5-6,9-12,18-20,31-32H,1-2,4,7-8H2,(H2,26,29)(H2,25,27,28)/t18-,19-,20+/m1/s1. The van der Waals surface area contributed by atoms with Crippen LogP contribution in [0.2, 0.25) is 0 Å². The largest absolute Gasteiger partial charge is 0.388 e. The van der Waals surface area contributed by atoms with E-state index in [9.17, 15) is 10.2 Å². The zero-order valence-corrected chi connectivity index (χ0v) is 17.6. The zero-order chi connectivity index (χ0) is 22.0. The van der Waals surface area contributed by atoms with E-state index in [1.807, 2.05) is 22.9 Å². The highest BCUT2D eigenvalue weighted by atomic mass is 16.3. The molecular weight excluding hydrogens is 404 g/mol. The number of rotatable bonds is 4. The van der Waals surface area contributed by atoms with E-state index in [2.05, 4.69) is 33.2 Å². The van der Waals surface area contributed by atoms with Gasteiger partial charge in [0.2, 0.25) is 0 Å². The van der Waals surface area contributed by atoms with Crippen molar-refractivity contribution in [3.05, 3.63) is 59.6 Å². The topological polar surface area (TPSA) is 136 Å². The van der Waals surface area contributed by atoms with E-state index in [1.165, 1.54) is 18.3 Å². The second-order valence-electron chi connectivity index (χ2n) is 9.17. The number of aliphatic hydroxyl groups excluding tert-OH is 2. The Balaban J connectivity index is 1.23. The molecule has 1 spiro atoms. The molecule has 164 valence electrons. The summed E-state index contributed by atoms with van der Waals surface area (Å²) in [5.41, 5.74) is 17.0. The van der Waals surface area contributed by atoms with Crippen LogP contribution in [0.3, 0.4) is 0 Å². The van der Waals surface area contributed by atoms with E-state index in [1.54, 1.807) is 0 Å². The van der Waals surface area contributed by atoms with Crippen LogP contribution < -0.4 is 11.5 Å². The summed E-state index contributed by atoms with van der Waals surface area (Å²) in [6.07, 6.45) is 8.07. The molecule has 3 heterocycles. The number of aryl methyl sites for hydroxylation is 1. The lowest BCUT2D eigenvalue weighted by atomic mass is 9.64. The fraction of sp³-hybridized carbons (Fsp3) is 0.375. The smallest absolute Gasteiger partial charge is 0.146 e. The van der Waals surface area contributed by atoms with Crippen molar-refractivity contribution >= 4 is 28.4 Å². The number of aliphatic imine (C=N–C) groups is 1. The van der Waals surface area contributed by atoms with Gasteiger partial charge in [0.25, 0.3) is 0 Å². The van der Waals surface area contributed by atoms with Gasteiger partial charge in [0.1, 0.15) is 35.8 Å². The molecule has 2 aromatic heterocycles. The predicted octanol–water partition coefficient (Wildman–Crippen LogP) is 2.27. The molecule has 3 atom stereocenters. The fourth-order valence-electron chi connectivity index (χ4n) is 5.48. The van der Waals surface area contributed by atoms with Crippen molar-refractivity contribution in [1.29, 1.82) is 0 Å². The molecule has 8 heteroatoms. The van der Waals surface area contributed by atoms with E-state index in [4.69, 9.17) is 11.5 Å². The van der Waals surface area contributed by atoms with Crippen molar-refractivity contribution in [2.24, 2.45) is 10.7 Å². The van der Waals surface area contributed by atoms with Crippen LogP contribution in [0.5, 0.6) is 0 Å². The van der Waals surface area contributed by atoms with E-state index in [-0.39, 0.29) is 5.41 Å². The average Bonchev–Trinajstić information content (AvgIpc) is 3.39. The number of aliphatic hydroxyl groups is 2. The number of hydrogen-bond donors (Lipinski definition) is 4. The van der Waals surface area contributed by atoms with E-state index in [0.717, 1.165) is 47.3 Å². The molecule has 6 N–H and O–H groups in total. The summed E-state index contributed by atoms with van der Waals surface area (Å²) < 4.78 is 1.85. The predicted molar refractivity (Wildman–Crippen MR) is 123 cm³/mol. The number of amidine groups is 1. The molecule has 32 heavy (non-hydrogen) atoms. The number of aromatic nitrogens is 3. The molecule has 0 bridgehead atoms. The van der Waals surface area contributed by atoms with Crippen LogP contribution in [-0.2, 0) is 11.8 Å². The second kappa shape index (κ2) is 6.88. The lowest BCUT2D eigenvalue weighted by Crippen LogP contribution is -2.44. The minimum Gasteiger partial charge on any atom is -0.388 e. The van der Waals surface area contributed by atoms with Gasteiger partial charge in [-0.05, 0) is 54.5 Å². The average molecular weight is 431 g/mol. The van der Waals surface area contributed by atoms with Gasteiger partial charge < -0.3 is 26.2 Å². The maximum Gasteiger partial charge on any atom is 0.146 e. The minimum atomic E-state index is -0.945. The molecule has 0 amide bonds. The number of fused-ring (bicyclic) bond motifs is 3. The molecular formula is C24H26N6O2. The molecule has 1 saturated carbocycles. The van der Waals surface area contributed by atoms with Gasteiger partial charge in [-0.25, -0.2) is 15.0 Å². The summed E-state index contributed by atoms with van der Waals surface area (Å²) in [7, 11) is 0. The Morgan fingerprint density at radius 2 is 1.94 bits per heavy atom.